The lowest BCUT2D eigenvalue weighted by Crippen LogP contribution is -2.48. The number of fused-ring (bicyclic) bond motifs is 1. The van der Waals surface area contributed by atoms with Gasteiger partial charge in [0.1, 0.15) is 5.82 Å². The van der Waals surface area contributed by atoms with Crippen molar-refractivity contribution in [3.8, 4) is 6.07 Å². The number of amides is 1. The minimum atomic E-state index is -2.59. The third kappa shape index (κ3) is 5.37. The van der Waals surface area contributed by atoms with Crippen LogP contribution in [0.5, 0.6) is 0 Å². The Balaban J connectivity index is 1.11. The summed E-state index contributed by atoms with van der Waals surface area (Å²) in [5.41, 5.74) is 2.68. The van der Waals surface area contributed by atoms with E-state index in [-0.39, 0.29) is 41.1 Å². The lowest BCUT2D eigenvalue weighted by atomic mass is 9.55. The van der Waals surface area contributed by atoms with Gasteiger partial charge in [0.05, 0.1) is 23.2 Å². The van der Waals surface area contributed by atoms with Gasteiger partial charge in [0, 0.05) is 24.6 Å². The Morgan fingerprint density at radius 1 is 1.18 bits per heavy atom. The molecule has 2 aromatic rings. The molecule has 1 amide bonds. The van der Waals surface area contributed by atoms with Gasteiger partial charge in [0.2, 0.25) is 5.91 Å². The van der Waals surface area contributed by atoms with E-state index >= 15 is 0 Å². The molecule has 3 saturated carbocycles. The van der Waals surface area contributed by atoms with Gasteiger partial charge in [-0.3, -0.25) is 9.69 Å². The van der Waals surface area contributed by atoms with Crippen LogP contribution in [0.2, 0.25) is 5.02 Å². The predicted octanol–water partition coefficient (Wildman–Crippen LogP) is 7.42. The first-order valence-corrected chi connectivity index (χ1v) is 14.9. The van der Waals surface area contributed by atoms with Crippen molar-refractivity contribution in [1.82, 2.24) is 4.90 Å². The molecule has 1 heterocycles. The molecule has 212 valence electrons. The van der Waals surface area contributed by atoms with Gasteiger partial charge in [0.25, 0.3) is 5.92 Å². The fraction of sp³-hybridized carbons (Fsp3) is 0.562. The Kier molecular flexibility index (Phi) is 7.37. The third-order valence-electron chi connectivity index (χ3n) is 10.3. The van der Waals surface area contributed by atoms with Gasteiger partial charge in [-0.05, 0) is 116 Å². The number of carbonyl (C=O) groups excluding carboxylic acids is 1. The third-order valence-corrected chi connectivity index (χ3v) is 10.6. The SMILES string of the molecule is N#Cc1cccc([C@]23CC[C@@H](C4CC(C(=O)Nc5ccc(F)c(Cl)c5)C4CCCN4CCC(F)(F)C4)CC2C3)c1. The number of carbonyl (C=O) groups is 1. The number of nitrogens with one attached hydrogen (secondary N) is 1. The number of hydrogen-bond donors (Lipinski definition) is 1. The average Bonchev–Trinajstić information content (AvgIpc) is 3.56. The molecule has 0 bridgehead atoms. The van der Waals surface area contributed by atoms with Crippen LogP contribution in [0.4, 0.5) is 18.9 Å². The fourth-order valence-electron chi connectivity index (χ4n) is 8.07. The van der Waals surface area contributed by atoms with Crippen molar-refractivity contribution in [1.29, 1.82) is 5.26 Å². The highest BCUT2D eigenvalue weighted by Crippen LogP contribution is 2.66. The van der Waals surface area contributed by atoms with E-state index in [0.29, 0.717) is 42.1 Å². The van der Waals surface area contributed by atoms with E-state index in [0.717, 1.165) is 44.9 Å². The first-order chi connectivity index (χ1) is 19.2. The number of anilines is 1. The van der Waals surface area contributed by atoms with Gasteiger partial charge in [-0.15, -0.1) is 0 Å². The number of nitrogens with zero attached hydrogens (tertiary/aromatic N) is 2. The van der Waals surface area contributed by atoms with Crippen LogP contribution in [0.3, 0.4) is 0 Å². The molecule has 0 radical (unpaired) electrons. The van der Waals surface area contributed by atoms with Crippen molar-refractivity contribution in [2.75, 3.05) is 25.0 Å². The Labute approximate surface area is 238 Å². The van der Waals surface area contributed by atoms with Gasteiger partial charge in [-0.2, -0.15) is 5.26 Å². The van der Waals surface area contributed by atoms with E-state index < -0.39 is 11.7 Å². The van der Waals surface area contributed by atoms with Crippen LogP contribution < -0.4 is 5.32 Å². The molecule has 0 spiro atoms. The van der Waals surface area contributed by atoms with Crippen LogP contribution in [0.1, 0.15) is 62.5 Å². The maximum absolute atomic E-state index is 13.7. The van der Waals surface area contributed by atoms with Crippen LogP contribution in [-0.2, 0) is 10.2 Å². The number of benzene rings is 2. The molecular formula is C32H35ClF3N3O. The van der Waals surface area contributed by atoms with Crippen molar-refractivity contribution >= 4 is 23.2 Å². The second-order valence-corrected chi connectivity index (χ2v) is 13.0. The van der Waals surface area contributed by atoms with Crippen molar-refractivity contribution in [3.05, 3.63) is 64.4 Å². The Morgan fingerprint density at radius 2 is 2.02 bits per heavy atom. The van der Waals surface area contributed by atoms with E-state index in [2.05, 4.69) is 23.5 Å². The summed E-state index contributed by atoms with van der Waals surface area (Å²) in [5, 5.41) is 12.3. The first-order valence-electron chi connectivity index (χ1n) is 14.5. The number of rotatable bonds is 8. The van der Waals surface area contributed by atoms with Crippen LogP contribution in [0, 0.1) is 46.7 Å². The topological polar surface area (TPSA) is 56.1 Å². The van der Waals surface area contributed by atoms with Gasteiger partial charge < -0.3 is 5.32 Å². The molecular weight excluding hydrogens is 535 g/mol. The second kappa shape index (κ2) is 10.7. The maximum Gasteiger partial charge on any atom is 0.261 e. The summed E-state index contributed by atoms with van der Waals surface area (Å²) in [7, 11) is 0. The highest BCUT2D eigenvalue weighted by molar-refractivity contribution is 6.31. The maximum atomic E-state index is 13.7. The molecule has 4 unspecified atom stereocenters. The summed E-state index contributed by atoms with van der Waals surface area (Å²) in [4.78, 5) is 15.2. The largest absolute Gasteiger partial charge is 0.326 e. The normalized spacial score (nSPS) is 32.5. The minimum absolute atomic E-state index is 0.0290. The van der Waals surface area contributed by atoms with E-state index in [4.69, 9.17) is 11.6 Å². The molecule has 3 aliphatic carbocycles. The number of likely N-dealkylation sites (tertiary alicyclic amines) is 1. The van der Waals surface area contributed by atoms with Crippen molar-refractivity contribution in [3.63, 3.8) is 0 Å². The molecule has 6 atom stereocenters. The van der Waals surface area contributed by atoms with Gasteiger partial charge in [-0.1, -0.05) is 23.7 Å². The zero-order valence-corrected chi connectivity index (χ0v) is 23.3. The van der Waals surface area contributed by atoms with E-state index in [9.17, 15) is 23.2 Å². The highest BCUT2D eigenvalue weighted by Gasteiger charge is 2.60. The number of alkyl halides is 2. The number of nitriles is 1. The average molecular weight is 570 g/mol. The monoisotopic (exact) mass is 569 g/mol. The molecule has 4 aliphatic rings. The van der Waals surface area contributed by atoms with E-state index in [1.54, 1.807) is 0 Å². The summed E-state index contributed by atoms with van der Waals surface area (Å²) in [6.07, 6.45) is 6.89. The van der Waals surface area contributed by atoms with Crippen LogP contribution in [0.15, 0.2) is 42.5 Å². The molecule has 1 saturated heterocycles. The molecule has 6 rings (SSSR count). The molecule has 1 aliphatic heterocycles. The molecule has 8 heteroatoms. The fourth-order valence-corrected chi connectivity index (χ4v) is 8.25. The highest BCUT2D eigenvalue weighted by atomic mass is 35.5. The molecule has 1 N–H and O–H groups in total. The van der Waals surface area contributed by atoms with Gasteiger partial charge in [-0.25, -0.2) is 13.2 Å². The van der Waals surface area contributed by atoms with Gasteiger partial charge in [0.15, 0.2) is 0 Å². The zero-order valence-electron chi connectivity index (χ0n) is 22.5. The minimum Gasteiger partial charge on any atom is -0.326 e. The lowest BCUT2D eigenvalue weighted by molar-refractivity contribution is -0.131. The quantitative estimate of drug-likeness (QED) is 0.360. The molecule has 4 fully saturated rings. The summed E-state index contributed by atoms with van der Waals surface area (Å²) >= 11 is 5.92. The Morgan fingerprint density at radius 3 is 2.75 bits per heavy atom. The number of hydrogen-bond acceptors (Lipinski definition) is 3. The van der Waals surface area contributed by atoms with Crippen LogP contribution in [0.25, 0.3) is 0 Å². The summed E-state index contributed by atoms with van der Waals surface area (Å²) in [6, 6.07) is 14.5. The zero-order chi connectivity index (χ0) is 28.1. The summed E-state index contributed by atoms with van der Waals surface area (Å²) < 4.78 is 41.0. The molecule has 4 nitrogen and oxygen atoms in total. The van der Waals surface area contributed by atoms with Crippen molar-refractivity contribution in [2.45, 2.75) is 62.7 Å². The van der Waals surface area contributed by atoms with Crippen LogP contribution >= 0.6 is 11.6 Å². The predicted molar refractivity (Wildman–Crippen MR) is 149 cm³/mol. The Hall–Kier alpha value is -2.56. The smallest absolute Gasteiger partial charge is 0.261 e. The van der Waals surface area contributed by atoms with Crippen molar-refractivity contribution in [2.24, 2.45) is 29.6 Å². The molecule has 40 heavy (non-hydrogen) atoms. The lowest BCUT2D eigenvalue weighted by Gasteiger charge is -2.49. The van der Waals surface area contributed by atoms with Crippen LogP contribution in [-0.4, -0.2) is 36.4 Å². The van der Waals surface area contributed by atoms with Gasteiger partial charge >= 0.3 is 0 Å². The van der Waals surface area contributed by atoms with E-state index in [1.807, 2.05) is 17.0 Å². The molecule has 2 aromatic carbocycles. The van der Waals surface area contributed by atoms with Crippen molar-refractivity contribution < 1.29 is 18.0 Å². The second-order valence-electron chi connectivity index (χ2n) is 12.6. The first kappa shape index (κ1) is 27.6. The molecule has 0 aromatic heterocycles. The number of halogens is 4. The summed E-state index contributed by atoms with van der Waals surface area (Å²) in [5.74, 6) is -1.53. The summed E-state index contributed by atoms with van der Waals surface area (Å²) in [6.45, 7) is 0.887. The Bertz CT molecular complexity index is 1330. The van der Waals surface area contributed by atoms with E-state index in [1.165, 1.54) is 23.8 Å². The standard InChI is InChI=1S/C32H35ClF3N3O/c33-28-15-24(6-7-29(28)34)38-30(40)27-16-26(25(27)5-2-11-39-12-10-32(35,36)19-39)21-8-9-31(17-23(31)14-21)22-4-1-3-20(13-22)18-37/h1,3-4,6-7,13,15,21,23,25-27H,2,5,8-12,14,16-17,19H2,(H,38,40)/t21-,23?,25?,26?,27?,31-/m1/s1.